The van der Waals surface area contributed by atoms with Crippen LogP contribution in [0.5, 0.6) is 5.75 Å². The molecule has 1 atom stereocenters. The first-order chi connectivity index (χ1) is 8.24. The molecule has 0 fully saturated rings. The van der Waals surface area contributed by atoms with Crippen molar-refractivity contribution < 1.29 is 14.3 Å². The van der Waals surface area contributed by atoms with E-state index in [-0.39, 0.29) is 12.0 Å². The van der Waals surface area contributed by atoms with Gasteiger partial charge in [0.25, 0.3) is 0 Å². The molecule has 0 saturated carbocycles. The largest absolute Gasteiger partial charge is 0.489 e. The Morgan fingerprint density at radius 3 is 3.18 bits per heavy atom. The molecule has 1 aromatic carbocycles. The fourth-order valence-electron chi connectivity index (χ4n) is 1.81. The molecule has 5 heteroatoms. The van der Waals surface area contributed by atoms with Crippen molar-refractivity contribution in [2.45, 2.75) is 6.04 Å². The minimum absolute atomic E-state index is 0.247. The summed E-state index contributed by atoms with van der Waals surface area (Å²) in [7, 11) is 3.27. The molecule has 0 spiro atoms. The molecule has 1 heterocycles. The highest BCUT2D eigenvalue weighted by atomic mass is 16.5. The van der Waals surface area contributed by atoms with Gasteiger partial charge in [0.05, 0.1) is 24.4 Å². The molecular weight excluding hydrogens is 220 g/mol. The second kappa shape index (κ2) is 5.05. The first kappa shape index (κ1) is 11.7. The fourth-order valence-corrected chi connectivity index (χ4v) is 1.81. The molecule has 2 N–H and O–H groups in total. The highest BCUT2D eigenvalue weighted by molar-refractivity contribution is 5.90. The third-order valence-electron chi connectivity index (χ3n) is 2.65. The Morgan fingerprint density at radius 2 is 2.47 bits per heavy atom. The van der Waals surface area contributed by atoms with E-state index in [4.69, 9.17) is 4.74 Å². The number of ether oxygens (including phenoxy) is 2. The zero-order chi connectivity index (χ0) is 12.3. The van der Waals surface area contributed by atoms with E-state index >= 15 is 0 Å². The number of fused-ring (bicyclic) bond motifs is 1. The van der Waals surface area contributed by atoms with Crippen LogP contribution < -0.4 is 15.4 Å². The Morgan fingerprint density at radius 1 is 1.65 bits per heavy atom. The van der Waals surface area contributed by atoms with Crippen LogP contribution in [-0.4, -0.2) is 39.3 Å². The Bertz CT molecular complexity index is 420. The monoisotopic (exact) mass is 236 g/mol. The molecule has 1 aliphatic heterocycles. The molecular formula is C12H16N2O3. The average Bonchev–Trinajstić information content (AvgIpc) is 2.37. The minimum Gasteiger partial charge on any atom is -0.489 e. The maximum Gasteiger partial charge on any atom is 0.337 e. The van der Waals surface area contributed by atoms with Gasteiger partial charge in [0.2, 0.25) is 0 Å². The van der Waals surface area contributed by atoms with Gasteiger partial charge in [-0.2, -0.15) is 0 Å². The van der Waals surface area contributed by atoms with E-state index in [9.17, 15) is 4.79 Å². The molecule has 0 radical (unpaired) electrons. The summed E-state index contributed by atoms with van der Waals surface area (Å²) in [5.74, 6) is 0.342. The molecule has 0 aromatic heterocycles. The Balaban J connectivity index is 2.16. The smallest absolute Gasteiger partial charge is 0.337 e. The third kappa shape index (κ3) is 2.50. The molecule has 0 aliphatic carbocycles. The molecule has 2 rings (SSSR count). The highest BCUT2D eigenvalue weighted by Crippen LogP contribution is 2.29. The zero-order valence-electron chi connectivity index (χ0n) is 9.95. The summed E-state index contributed by atoms with van der Waals surface area (Å²) in [5.41, 5.74) is 1.41. The van der Waals surface area contributed by atoms with Gasteiger partial charge in [-0.05, 0) is 25.2 Å². The topological polar surface area (TPSA) is 59.6 Å². The van der Waals surface area contributed by atoms with Crippen LogP contribution in [0.25, 0.3) is 0 Å². The van der Waals surface area contributed by atoms with Crippen molar-refractivity contribution in [3.63, 3.8) is 0 Å². The SMILES string of the molecule is CNCC1COc2cc(C(=O)OC)ccc2N1. The number of anilines is 1. The standard InChI is InChI=1S/C12H16N2O3/c1-13-6-9-7-17-11-5-8(12(15)16-2)3-4-10(11)14-9/h3-5,9,13-14H,6-7H2,1-2H3. The number of rotatable bonds is 3. The number of hydrogen-bond donors (Lipinski definition) is 2. The van der Waals surface area contributed by atoms with Crippen LogP contribution in [0.15, 0.2) is 18.2 Å². The van der Waals surface area contributed by atoms with E-state index < -0.39 is 0 Å². The summed E-state index contributed by atoms with van der Waals surface area (Å²) >= 11 is 0. The lowest BCUT2D eigenvalue weighted by atomic mass is 10.1. The quantitative estimate of drug-likeness (QED) is 0.762. The van der Waals surface area contributed by atoms with E-state index in [0.717, 1.165) is 12.2 Å². The lowest BCUT2D eigenvalue weighted by Gasteiger charge is -2.27. The van der Waals surface area contributed by atoms with Gasteiger partial charge in [-0.15, -0.1) is 0 Å². The van der Waals surface area contributed by atoms with Gasteiger partial charge in [0.15, 0.2) is 0 Å². The summed E-state index contributed by atoms with van der Waals surface area (Å²) in [6, 6.07) is 5.51. The molecule has 92 valence electrons. The Hall–Kier alpha value is -1.75. The Kier molecular flexibility index (Phi) is 3.49. The van der Waals surface area contributed by atoms with E-state index in [1.165, 1.54) is 7.11 Å². The first-order valence-corrected chi connectivity index (χ1v) is 5.51. The van der Waals surface area contributed by atoms with Crippen molar-refractivity contribution in [3.8, 4) is 5.75 Å². The van der Waals surface area contributed by atoms with Crippen LogP contribution in [0.2, 0.25) is 0 Å². The maximum absolute atomic E-state index is 11.4. The second-order valence-corrected chi connectivity index (χ2v) is 3.91. The number of benzene rings is 1. The number of methoxy groups -OCH3 is 1. The van der Waals surface area contributed by atoms with Gasteiger partial charge in [-0.1, -0.05) is 0 Å². The first-order valence-electron chi connectivity index (χ1n) is 5.51. The zero-order valence-corrected chi connectivity index (χ0v) is 9.95. The molecule has 1 aliphatic rings. The van der Waals surface area contributed by atoms with E-state index in [0.29, 0.717) is 17.9 Å². The molecule has 5 nitrogen and oxygen atoms in total. The number of nitrogens with one attached hydrogen (secondary N) is 2. The van der Waals surface area contributed by atoms with Gasteiger partial charge in [-0.3, -0.25) is 0 Å². The number of likely N-dealkylation sites (N-methyl/N-ethyl adjacent to an activating group) is 1. The maximum atomic E-state index is 11.4. The van der Waals surface area contributed by atoms with E-state index in [1.54, 1.807) is 12.1 Å². The minimum atomic E-state index is -0.353. The summed E-state index contributed by atoms with van der Waals surface area (Å²) in [6.07, 6.45) is 0. The van der Waals surface area contributed by atoms with Crippen LogP contribution in [0.4, 0.5) is 5.69 Å². The molecule has 0 bridgehead atoms. The van der Waals surface area contributed by atoms with Gasteiger partial charge in [0.1, 0.15) is 12.4 Å². The summed E-state index contributed by atoms with van der Waals surface area (Å²) < 4.78 is 10.3. The number of carbonyl (C=O) groups excluding carboxylic acids is 1. The second-order valence-electron chi connectivity index (χ2n) is 3.91. The van der Waals surface area contributed by atoms with Crippen LogP contribution in [-0.2, 0) is 4.74 Å². The number of hydrogen-bond acceptors (Lipinski definition) is 5. The molecule has 17 heavy (non-hydrogen) atoms. The molecule has 0 amide bonds. The summed E-state index contributed by atoms with van der Waals surface area (Å²) in [4.78, 5) is 11.4. The lowest BCUT2D eigenvalue weighted by Crippen LogP contribution is -2.39. The van der Waals surface area contributed by atoms with Crippen molar-refractivity contribution in [2.24, 2.45) is 0 Å². The van der Waals surface area contributed by atoms with Crippen molar-refractivity contribution in [2.75, 3.05) is 32.6 Å². The molecule has 0 saturated heterocycles. The number of esters is 1. The van der Waals surface area contributed by atoms with Gasteiger partial charge in [0, 0.05) is 6.54 Å². The van der Waals surface area contributed by atoms with Crippen LogP contribution in [0.3, 0.4) is 0 Å². The van der Waals surface area contributed by atoms with E-state index in [2.05, 4.69) is 15.4 Å². The fraction of sp³-hybridized carbons (Fsp3) is 0.417. The van der Waals surface area contributed by atoms with Crippen molar-refractivity contribution in [3.05, 3.63) is 23.8 Å². The van der Waals surface area contributed by atoms with Crippen LogP contribution >= 0.6 is 0 Å². The van der Waals surface area contributed by atoms with Crippen molar-refractivity contribution in [1.82, 2.24) is 5.32 Å². The summed E-state index contributed by atoms with van der Waals surface area (Å²) in [5, 5.41) is 6.43. The van der Waals surface area contributed by atoms with Gasteiger partial charge in [-0.25, -0.2) is 4.79 Å². The lowest BCUT2D eigenvalue weighted by molar-refractivity contribution is 0.0600. The van der Waals surface area contributed by atoms with E-state index in [1.807, 2.05) is 13.1 Å². The van der Waals surface area contributed by atoms with Crippen molar-refractivity contribution in [1.29, 1.82) is 0 Å². The molecule has 1 unspecified atom stereocenters. The van der Waals surface area contributed by atoms with Crippen molar-refractivity contribution >= 4 is 11.7 Å². The van der Waals surface area contributed by atoms with Crippen LogP contribution in [0.1, 0.15) is 10.4 Å². The summed E-state index contributed by atoms with van der Waals surface area (Å²) in [6.45, 7) is 1.41. The number of carbonyl (C=O) groups is 1. The van der Waals surface area contributed by atoms with Gasteiger partial charge >= 0.3 is 5.97 Å². The third-order valence-corrected chi connectivity index (χ3v) is 2.65. The predicted molar refractivity (Wildman–Crippen MR) is 64.6 cm³/mol. The highest BCUT2D eigenvalue weighted by Gasteiger charge is 2.19. The van der Waals surface area contributed by atoms with Crippen LogP contribution in [0, 0.1) is 0 Å². The predicted octanol–water partition coefficient (Wildman–Crippen LogP) is 0.865. The average molecular weight is 236 g/mol. The molecule has 1 aromatic rings. The van der Waals surface area contributed by atoms with Gasteiger partial charge < -0.3 is 20.1 Å². The normalized spacial score (nSPS) is 17.6. The Labute approximate surface area is 100 Å².